The van der Waals surface area contributed by atoms with Crippen LogP contribution in [0.25, 0.3) is 0 Å². The van der Waals surface area contributed by atoms with E-state index in [2.05, 4.69) is 21.2 Å². The summed E-state index contributed by atoms with van der Waals surface area (Å²) in [6, 6.07) is 15.0. The zero-order valence-electron chi connectivity index (χ0n) is 13.5. The fourth-order valence-electron chi connectivity index (χ4n) is 3.06. The zero-order valence-corrected chi connectivity index (χ0v) is 15.1. The maximum atomic E-state index is 12.2. The fourth-order valence-corrected chi connectivity index (χ4v) is 3.47. The van der Waals surface area contributed by atoms with Gasteiger partial charge in [-0.15, -0.1) is 0 Å². The molecule has 2 N–H and O–H groups in total. The molecule has 6 heteroatoms. The maximum absolute atomic E-state index is 12.2. The van der Waals surface area contributed by atoms with Gasteiger partial charge >= 0.3 is 12.1 Å². The Kier molecular flexibility index (Phi) is 5.08. The Labute approximate surface area is 154 Å². The van der Waals surface area contributed by atoms with Crippen molar-refractivity contribution in [3.63, 3.8) is 0 Å². The van der Waals surface area contributed by atoms with Crippen LogP contribution in [0.1, 0.15) is 23.1 Å². The van der Waals surface area contributed by atoms with Crippen LogP contribution in [0.15, 0.2) is 53.0 Å². The third kappa shape index (κ3) is 4.02. The van der Waals surface area contributed by atoms with Crippen LogP contribution in [-0.4, -0.2) is 22.7 Å². The molecule has 2 aromatic rings. The molecule has 1 aliphatic carbocycles. The fraction of sp³-hybridized carbons (Fsp3) is 0.263. The van der Waals surface area contributed by atoms with E-state index >= 15 is 0 Å². The molecule has 130 valence electrons. The molecular weight excluding hydrogens is 386 g/mol. The number of alkyl carbamates (subject to hydrolysis) is 1. The van der Waals surface area contributed by atoms with Crippen molar-refractivity contribution >= 4 is 28.0 Å². The van der Waals surface area contributed by atoms with E-state index in [0.29, 0.717) is 12.8 Å². The van der Waals surface area contributed by atoms with Crippen molar-refractivity contribution in [2.24, 2.45) is 0 Å². The highest BCUT2D eigenvalue weighted by molar-refractivity contribution is 9.10. The highest BCUT2D eigenvalue weighted by Gasteiger charge is 2.43. The molecule has 1 atom stereocenters. The molecule has 0 aliphatic heterocycles. The Bertz CT molecular complexity index is 793. The first-order valence-electron chi connectivity index (χ1n) is 7.98. The summed E-state index contributed by atoms with van der Waals surface area (Å²) >= 11 is 3.42. The van der Waals surface area contributed by atoms with Gasteiger partial charge in [0.2, 0.25) is 0 Å². The number of hydrogen-bond acceptors (Lipinski definition) is 3. The van der Waals surface area contributed by atoms with Crippen LogP contribution >= 0.6 is 15.9 Å². The van der Waals surface area contributed by atoms with Gasteiger partial charge in [0.05, 0.1) is 0 Å². The average Bonchev–Trinajstić information content (AvgIpc) is 2.61. The van der Waals surface area contributed by atoms with Gasteiger partial charge in [0.25, 0.3) is 0 Å². The second-order valence-electron chi connectivity index (χ2n) is 6.16. The van der Waals surface area contributed by atoms with Crippen LogP contribution in [-0.2, 0) is 29.0 Å². The lowest BCUT2D eigenvalue weighted by molar-refractivity contribution is -0.145. The number of carbonyl (C=O) groups is 2. The van der Waals surface area contributed by atoms with E-state index in [0.717, 1.165) is 21.2 Å². The van der Waals surface area contributed by atoms with E-state index in [1.54, 1.807) is 0 Å². The Morgan fingerprint density at radius 1 is 1.16 bits per heavy atom. The summed E-state index contributed by atoms with van der Waals surface area (Å²) in [6.07, 6.45) is 0.435. The minimum atomic E-state index is -1.34. The molecular formula is C19H18BrNO4. The maximum Gasteiger partial charge on any atom is 0.408 e. The lowest BCUT2D eigenvalue weighted by Gasteiger charge is -2.34. The number of aryl methyl sites for hydroxylation is 1. The minimum absolute atomic E-state index is 0.103. The van der Waals surface area contributed by atoms with Gasteiger partial charge in [-0.2, -0.15) is 0 Å². The Hall–Kier alpha value is -2.34. The second kappa shape index (κ2) is 7.27. The number of nitrogens with one attached hydrogen (secondary N) is 1. The van der Waals surface area contributed by atoms with Gasteiger partial charge in [0, 0.05) is 10.9 Å². The monoisotopic (exact) mass is 403 g/mol. The number of rotatable bonds is 4. The number of benzene rings is 2. The number of fused-ring (bicyclic) bond motifs is 1. The first-order chi connectivity index (χ1) is 12.0. The highest BCUT2D eigenvalue weighted by atomic mass is 79.9. The van der Waals surface area contributed by atoms with E-state index < -0.39 is 17.6 Å². The van der Waals surface area contributed by atoms with Crippen LogP contribution in [0.5, 0.6) is 0 Å². The average molecular weight is 404 g/mol. The molecule has 0 saturated heterocycles. The first kappa shape index (κ1) is 17.5. The van der Waals surface area contributed by atoms with Crippen LogP contribution in [0.2, 0.25) is 0 Å². The summed E-state index contributed by atoms with van der Waals surface area (Å²) in [6.45, 7) is 0.103. The van der Waals surface area contributed by atoms with Crippen molar-refractivity contribution < 1.29 is 19.4 Å². The summed E-state index contributed by atoms with van der Waals surface area (Å²) in [5.74, 6) is -1.04. The second-order valence-corrected chi connectivity index (χ2v) is 7.08. The molecule has 2 aromatic carbocycles. The van der Waals surface area contributed by atoms with Crippen LogP contribution in [0.4, 0.5) is 4.79 Å². The van der Waals surface area contributed by atoms with Crippen molar-refractivity contribution in [1.82, 2.24) is 5.32 Å². The lowest BCUT2D eigenvalue weighted by Crippen LogP contribution is -2.57. The van der Waals surface area contributed by atoms with Crippen molar-refractivity contribution in [1.29, 1.82) is 0 Å². The molecule has 0 bridgehead atoms. The Morgan fingerprint density at radius 2 is 1.92 bits per heavy atom. The predicted octanol–water partition coefficient (Wildman–Crippen LogP) is 3.69. The van der Waals surface area contributed by atoms with Crippen LogP contribution in [0.3, 0.4) is 0 Å². The van der Waals surface area contributed by atoms with Gasteiger partial charge in [-0.1, -0.05) is 52.3 Å². The number of amides is 1. The van der Waals surface area contributed by atoms with E-state index in [1.807, 2.05) is 48.5 Å². The van der Waals surface area contributed by atoms with Crippen molar-refractivity contribution in [2.75, 3.05) is 0 Å². The smallest absolute Gasteiger partial charge is 0.408 e. The Balaban J connectivity index is 1.70. The summed E-state index contributed by atoms with van der Waals surface area (Å²) < 4.78 is 6.15. The van der Waals surface area contributed by atoms with Crippen LogP contribution < -0.4 is 5.32 Å². The normalized spacial score (nSPS) is 18.9. The van der Waals surface area contributed by atoms with Gasteiger partial charge in [-0.05, 0) is 41.7 Å². The standard InChI is InChI=1S/C19H18BrNO4/c20-16-7-6-15-11-19(17(22)23,9-8-14(15)10-16)21-18(24)25-12-13-4-2-1-3-5-13/h1-7,10H,8-9,11-12H2,(H,21,24)(H,22,23). The number of carboxylic acids is 1. The van der Waals surface area contributed by atoms with E-state index in [9.17, 15) is 14.7 Å². The summed E-state index contributed by atoms with van der Waals surface area (Å²) in [4.78, 5) is 24.0. The van der Waals surface area contributed by atoms with Gasteiger partial charge in [-0.25, -0.2) is 9.59 Å². The largest absolute Gasteiger partial charge is 0.479 e. The molecule has 5 nitrogen and oxygen atoms in total. The lowest BCUT2D eigenvalue weighted by atomic mass is 9.78. The third-order valence-corrected chi connectivity index (χ3v) is 4.94. The number of aliphatic carboxylic acids is 1. The topological polar surface area (TPSA) is 75.6 Å². The zero-order chi connectivity index (χ0) is 17.9. The number of carbonyl (C=O) groups excluding carboxylic acids is 1. The molecule has 1 aliphatic rings. The molecule has 1 amide bonds. The number of halogens is 1. The molecule has 25 heavy (non-hydrogen) atoms. The summed E-state index contributed by atoms with van der Waals surface area (Å²) in [5.41, 5.74) is 1.54. The van der Waals surface area contributed by atoms with E-state index in [4.69, 9.17) is 4.74 Å². The molecule has 0 radical (unpaired) electrons. The van der Waals surface area contributed by atoms with Crippen molar-refractivity contribution in [3.8, 4) is 0 Å². The summed E-state index contributed by atoms with van der Waals surface area (Å²) in [7, 11) is 0. The van der Waals surface area contributed by atoms with Crippen molar-refractivity contribution in [3.05, 3.63) is 69.7 Å². The van der Waals surface area contributed by atoms with Gasteiger partial charge in [0.15, 0.2) is 0 Å². The molecule has 0 heterocycles. The summed E-state index contributed by atoms with van der Waals surface area (Å²) in [5, 5.41) is 12.3. The first-order valence-corrected chi connectivity index (χ1v) is 8.77. The SMILES string of the molecule is O=C(NC1(C(=O)O)CCc2cc(Br)ccc2C1)OCc1ccccc1. The van der Waals surface area contributed by atoms with E-state index in [1.165, 1.54) is 0 Å². The predicted molar refractivity (Wildman–Crippen MR) is 96.3 cm³/mol. The number of hydrogen-bond donors (Lipinski definition) is 2. The molecule has 1 unspecified atom stereocenters. The minimum Gasteiger partial charge on any atom is -0.479 e. The van der Waals surface area contributed by atoms with E-state index in [-0.39, 0.29) is 13.0 Å². The van der Waals surface area contributed by atoms with Gasteiger partial charge < -0.3 is 15.2 Å². The number of carboxylic acid groups (broad SMARTS) is 1. The molecule has 0 saturated carbocycles. The van der Waals surface area contributed by atoms with Gasteiger partial charge in [-0.3, -0.25) is 0 Å². The molecule has 0 fully saturated rings. The van der Waals surface area contributed by atoms with Gasteiger partial charge in [0.1, 0.15) is 12.1 Å². The molecule has 3 rings (SSSR count). The Morgan fingerprint density at radius 3 is 2.64 bits per heavy atom. The molecule has 0 aromatic heterocycles. The molecule has 0 spiro atoms. The van der Waals surface area contributed by atoms with Crippen LogP contribution in [0, 0.1) is 0 Å². The number of ether oxygens (including phenoxy) is 1. The third-order valence-electron chi connectivity index (χ3n) is 4.45. The van der Waals surface area contributed by atoms with Crippen molar-refractivity contribution in [2.45, 2.75) is 31.4 Å². The highest BCUT2D eigenvalue weighted by Crippen LogP contribution is 2.31. The quantitative estimate of drug-likeness (QED) is 0.815.